The lowest BCUT2D eigenvalue weighted by molar-refractivity contribution is -0.195. The Labute approximate surface area is 160 Å². The third-order valence-corrected chi connectivity index (χ3v) is 6.00. The second kappa shape index (κ2) is 10.4. The first-order valence-corrected chi connectivity index (χ1v) is 9.87. The Hall–Kier alpha value is -0.360. The topological polar surface area (TPSA) is 161 Å². The van der Waals surface area contributed by atoms with Gasteiger partial charge in [-0.25, -0.2) is 0 Å². The van der Waals surface area contributed by atoms with Crippen LogP contribution in [0.4, 0.5) is 0 Å². The standard InChI is InChI=1S/C18H36N2O7/c1-3-9-12(5-21)27-14(16(20)17(9)23)8-25-7-10-13(6-22)26-11(4-2)15(19)18(10)24/h9-18,21-24H,3-8,19-20H2,1-2H3. The highest BCUT2D eigenvalue weighted by Gasteiger charge is 2.44. The molecule has 2 aliphatic heterocycles. The molecular weight excluding hydrogens is 356 g/mol. The summed E-state index contributed by atoms with van der Waals surface area (Å²) < 4.78 is 17.3. The van der Waals surface area contributed by atoms with Crippen molar-refractivity contribution < 1.29 is 34.6 Å². The Kier molecular flexibility index (Phi) is 8.85. The van der Waals surface area contributed by atoms with Crippen LogP contribution in [0, 0.1) is 11.8 Å². The van der Waals surface area contributed by atoms with Crippen LogP contribution in [-0.2, 0) is 14.2 Å². The van der Waals surface area contributed by atoms with Crippen molar-refractivity contribution in [1.29, 1.82) is 0 Å². The molecule has 2 heterocycles. The van der Waals surface area contributed by atoms with Crippen LogP contribution >= 0.6 is 0 Å². The summed E-state index contributed by atoms with van der Waals surface area (Å²) in [5.74, 6) is -0.702. The van der Waals surface area contributed by atoms with Gasteiger partial charge in [0.2, 0.25) is 0 Å². The minimum absolute atomic E-state index is 0.0962. The molecule has 9 nitrogen and oxygen atoms in total. The van der Waals surface area contributed by atoms with E-state index in [-0.39, 0.29) is 38.4 Å². The maximum atomic E-state index is 10.5. The van der Waals surface area contributed by atoms with Gasteiger partial charge in [-0.3, -0.25) is 0 Å². The van der Waals surface area contributed by atoms with Gasteiger partial charge in [0.25, 0.3) is 0 Å². The fourth-order valence-electron chi connectivity index (χ4n) is 4.19. The molecule has 2 rings (SSSR count). The summed E-state index contributed by atoms with van der Waals surface area (Å²) in [6.45, 7) is 3.59. The Morgan fingerprint density at radius 1 is 0.741 bits per heavy atom. The SMILES string of the molecule is CCC1OC(CO)C(COCC2OC(CO)C(CC)C(O)C2N)C(O)C1N. The maximum absolute atomic E-state index is 10.5. The predicted octanol–water partition coefficient (Wildman–Crippen LogP) is -2.05. The van der Waals surface area contributed by atoms with Crippen molar-refractivity contribution in [3.8, 4) is 0 Å². The molecule has 0 aromatic rings. The van der Waals surface area contributed by atoms with Crippen LogP contribution in [0.15, 0.2) is 0 Å². The molecule has 27 heavy (non-hydrogen) atoms. The lowest BCUT2D eigenvalue weighted by atomic mass is 9.84. The normalized spacial score (nSPS) is 45.8. The van der Waals surface area contributed by atoms with E-state index in [1.54, 1.807) is 0 Å². The van der Waals surface area contributed by atoms with E-state index in [1.165, 1.54) is 0 Å². The van der Waals surface area contributed by atoms with Crippen LogP contribution in [0.3, 0.4) is 0 Å². The highest BCUT2D eigenvalue weighted by molar-refractivity contribution is 4.95. The molecule has 8 N–H and O–H groups in total. The highest BCUT2D eigenvalue weighted by atomic mass is 16.6. The molecule has 160 valence electrons. The van der Waals surface area contributed by atoms with E-state index in [9.17, 15) is 20.4 Å². The van der Waals surface area contributed by atoms with Gasteiger partial charge in [-0.1, -0.05) is 13.8 Å². The zero-order valence-corrected chi connectivity index (χ0v) is 16.2. The van der Waals surface area contributed by atoms with Crippen molar-refractivity contribution in [2.24, 2.45) is 23.3 Å². The minimum atomic E-state index is -0.859. The summed E-state index contributed by atoms with van der Waals surface area (Å²) in [6.07, 6.45) is -2.30. The highest BCUT2D eigenvalue weighted by Crippen LogP contribution is 2.29. The van der Waals surface area contributed by atoms with Crippen molar-refractivity contribution in [2.45, 2.75) is 75.4 Å². The first-order valence-electron chi connectivity index (χ1n) is 9.87. The largest absolute Gasteiger partial charge is 0.394 e. The second-order valence-electron chi connectivity index (χ2n) is 7.61. The average Bonchev–Trinajstić information content (AvgIpc) is 2.68. The molecular formula is C18H36N2O7. The summed E-state index contributed by atoms with van der Waals surface area (Å²) >= 11 is 0. The molecule has 0 spiro atoms. The third-order valence-electron chi connectivity index (χ3n) is 6.00. The lowest BCUT2D eigenvalue weighted by Gasteiger charge is -2.44. The quantitative estimate of drug-likeness (QED) is 0.273. The summed E-state index contributed by atoms with van der Waals surface area (Å²) in [5.41, 5.74) is 12.1. The van der Waals surface area contributed by atoms with E-state index in [2.05, 4.69) is 0 Å². The van der Waals surface area contributed by atoms with Crippen LogP contribution < -0.4 is 11.5 Å². The molecule has 0 radical (unpaired) electrons. The predicted molar refractivity (Wildman–Crippen MR) is 97.8 cm³/mol. The van der Waals surface area contributed by atoms with Crippen molar-refractivity contribution in [3.63, 3.8) is 0 Å². The van der Waals surface area contributed by atoms with Gasteiger partial charge >= 0.3 is 0 Å². The van der Waals surface area contributed by atoms with Gasteiger partial charge in [0.05, 0.1) is 75.1 Å². The fraction of sp³-hybridized carbons (Fsp3) is 1.00. The van der Waals surface area contributed by atoms with Gasteiger partial charge in [0, 0.05) is 11.8 Å². The van der Waals surface area contributed by atoms with Crippen molar-refractivity contribution in [2.75, 3.05) is 26.4 Å². The molecule has 0 bridgehead atoms. The van der Waals surface area contributed by atoms with Crippen LogP contribution in [0.5, 0.6) is 0 Å². The first-order chi connectivity index (χ1) is 12.9. The molecule has 0 aromatic heterocycles. The van der Waals surface area contributed by atoms with Crippen molar-refractivity contribution in [1.82, 2.24) is 0 Å². The molecule has 2 saturated heterocycles. The Balaban J connectivity index is 1.92. The summed E-state index contributed by atoms with van der Waals surface area (Å²) in [7, 11) is 0. The molecule has 0 aliphatic carbocycles. The van der Waals surface area contributed by atoms with E-state index in [4.69, 9.17) is 25.7 Å². The molecule has 2 aliphatic rings. The molecule has 0 amide bonds. The molecule has 10 unspecified atom stereocenters. The molecule has 0 saturated carbocycles. The zero-order chi connectivity index (χ0) is 20.1. The smallest absolute Gasteiger partial charge is 0.0989 e. The number of nitrogens with two attached hydrogens (primary N) is 2. The minimum Gasteiger partial charge on any atom is -0.394 e. The number of aliphatic hydroxyl groups excluding tert-OH is 4. The molecule has 0 aromatic carbocycles. The van der Waals surface area contributed by atoms with Crippen LogP contribution in [-0.4, -0.2) is 95.6 Å². The Morgan fingerprint density at radius 2 is 1.26 bits per heavy atom. The van der Waals surface area contributed by atoms with Crippen molar-refractivity contribution >= 4 is 0 Å². The Morgan fingerprint density at radius 3 is 1.81 bits per heavy atom. The summed E-state index contributed by atoms with van der Waals surface area (Å²) in [4.78, 5) is 0. The van der Waals surface area contributed by atoms with Crippen LogP contribution in [0.2, 0.25) is 0 Å². The van der Waals surface area contributed by atoms with Crippen LogP contribution in [0.1, 0.15) is 26.7 Å². The third kappa shape index (κ3) is 4.98. The van der Waals surface area contributed by atoms with Gasteiger partial charge in [0.1, 0.15) is 0 Å². The van der Waals surface area contributed by atoms with E-state index < -0.39 is 48.5 Å². The molecule has 10 atom stereocenters. The van der Waals surface area contributed by atoms with E-state index in [0.717, 1.165) is 0 Å². The van der Waals surface area contributed by atoms with Crippen molar-refractivity contribution in [3.05, 3.63) is 0 Å². The molecule has 9 heteroatoms. The zero-order valence-electron chi connectivity index (χ0n) is 16.2. The van der Waals surface area contributed by atoms with Gasteiger partial charge in [-0.2, -0.15) is 0 Å². The van der Waals surface area contributed by atoms with Gasteiger partial charge in [-0.05, 0) is 12.8 Å². The second-order valence-corrected chi connectivity index (χ2v) is 7.61. The number of aliphatic hydroxyl groups is 4. The average molecular weight is 392 g/mol. The van der Waals surface area contributed by atoms with Crippen LogP contribution in [0.25, 0.3) is 0 Å². The van der Waals surface area contributed by atoms with E-state index in [1.807, 2.05) is 13.8 Å². The Bertz CT molecular complexity index is 440. The summed E-state index contributed by atoms with van der Waals surface area (Å²) in [5, 5.41) is 40.0. The monoisotopic (exact) mass is 392 g/mol. The van der Waals surface area contributed by atoms with Gasteiger partial charge in [0.15, 0.2) is 0 Å². The number of hydrogen-bond acceptors (Lipinski definition) is 9. The van der Waals surface area contributed by atoms with E-state index in [0.29, 0.717) is 12.8 Å². The number of rotatable bonds is 8. The first kappa shape index (κ1) is 22.9. The molecule has 2 fully saturated rings. The van der Waals surface area contributed by atoms with E-state index >= 15 is 0 Å². The van der Waals surface area contributed by atoms with Gasteiger partial charge < -0.3 is 46.1 Å². The fourth-order valence-corrected chi connectivity index (χ4v) is 4.19. The van der Waals surface area contributed by atoms with Gasteiger partial charge in [-0.15, -0.1) is 0 Å². The lowest BCUT2D eigenvalue weighted by Crippen LogP contribution is -2.61. The number of ether oxygens (including phenoxy) is 3. The summed E-state index contributed by atoms with van der Waals surface area (Å²) in [6, 6.07) is -1.18. The number of hydrogen-bond donors (Lipinski definition) is 6. The maximum Gasteiger partial charge on any atom is 0.0989 e.